The zero-order chi connectivity index (χ0) is 27.6. The Labute approximate surface area is 240 Å². The van der Waals surface area contributed by atoms with E-state index in [0.29, 0.717) is 23.0 Å². The molecule has 0 radical (unpaired) electrons. The molecule has 1 N–H and O–H groups in total. The van der Waals surface area contributed by atoms with Crippen molar-refractivity contribution in [2.75, 3.05) is 38.5 Å². The molecular formula is C30H27ClFN5O2S. The Morgan fingerprint density at radius 2 is 1.90 bits per heavy atom. The van der Waals surface area contributed by atoms with Crippen LogP contribution >= 0.6 is 22.9 Å². The monoisotopic (exact) mass is 575 g/mol. The van der Waals surface area contributed by atoms with Crippen LogP contribution in [0.3, 0.4) is 0 Å². The SMILES string of the molecule is CN1CCN(C(=O)Cc2ccc3c(c2)sc2ncnc(Nc4ccc(OCc5cccc(F)c5)c(Cl)c4)c23)CC1. The quantitative estimate of drug-likeness (QED) is 0.246. The zero-order valence-corrected chi connectivity index (χ0v) is 23.4. The Balaban J connectivity index is 1.19. The van der Waals surface area contributed by atoms with Crippen molar-refractivity contribution in [1.82, 2.24) is 19.8 Å². The predicted octanol–water partition coefficient (Wildman–Crippen LogP) is 6.28. The molecule has 204 valence electrons. The molecule has 6 rings (SSSR count). The van der Waals surface area contributed by atoms with E-state index in [4.69, 9.17) is 16.3 Å². The topological polar surface area (TPSA) is 70.6 Å². The van der Waals surface area contributed by atoms with Crippen molar-refractivity contribution in [2.24, 2.45) is 0 Å². The summed E-state index contributed by atoms with van der Waals surface area (Å²) in [6, 6.07) is 17.8. The van der Waals surface area contributed by atoms with E-state index in [1.165, 1.54) is 18.5 Å². The van der Waals surface area contributed by atoms with Gasteiger partial charge < -0.3 is 19.9 Å². The van der Waals surface area contributed by atoms with Gasteiger partial charge in [0.15, 0.2) is 0 Å². The van der Waals surface area contributed by atoms with Crippen LogP contribution in [0.15, 0.2) is 67.0 Å². The third-order valence-corrected chi connectivity index (χ3v) is 8.38. The summed E-state index contributed by atoms with van der Waals surface area (Å²) in [6.07, 6.45) is 1.92. The first-order chi connectivity index (χ1) is 19.4. The number of nitrogens with one attached hydrogen (secondary N) is 1. The molecule has 0 saturated carbocycles. The largest absolute Gasteiger partial charge is 0.487 e. The van der Waals surface area contributed by atoms with Crippen molar-refractivity contribution in [3.05, 3.63) is 89.0 Å². The Morgan fingerprint density at radius 1 is 1.05 bits per heavy atom. The number of hydrogen-bond acceptors (Lipinski definition) is 7. The Bertz CT molecular complexity index is 1700. The number of nitrogens with zero attached hydrogens (tertiary/aromatic N) is 4. The van der Waals surface area contributed by atoms with Gasteiger partial charge in [-0.3, -0.25) is 4.79 Å². The third kappa shape index (κ3) is 5.72. The molecule has 2 aromatic heterocycles. The molecule has 0 atom stereocenters. The van der Waals surface area contributed by atoms with Crippen molar-refractivity contribution in [1.29, 1.82) is 0 Å². The molecule has 1 aliphatic heterocycles. The number of amides is 1. The van der Waals surface area contributed by atoms with E-state index < -0.39 is 0 Å². The average Bonchev–Trinajstić information content (AvgIpc) is 3.32. The van der Waals surface area contributed by atoms with E-state index in [1.807, 2.05) is 23.1 Å². The number of likely N-dealkylation sites (N-methyl/N-ethyl adjacent to an activating group) is 1. The number of aromatic nitrogens is 2. The molecule has 5 aromatic rings. The van der Waals surface area contributed by atoms with Crippen LogP contribution in [0, 0.1) is 5.82 Å². The first kappa shape index (κ1) is 26.4. The van der Waals surface area contributed by atoms with E-state index in [-0.39, 0.29) is 18.3 Å². The number of benzene rings is 3. The molecule has 1 fully saturated rings. The van der Waals surface area contributed by atoms with Gasteiger partial charge in [0.05, 0.1) is 16.8 Å². The minimum absolute atomic E-state index is 0.163. The smallest absolute Gasteiger partial charge is 0.227 e. The lowest BCUT2D eigenvalue weighted by Gasteiger charge is -2.32. The van der Waals surface area contributed by atoms with Crippen LogP contribution in [0.2, 0.25) is 5.02 Å². The first-order valence-corrected chi connectivity index (χ1v) is 14.2. The Hall–Kier alpha value is -3.79. The lowest BCUT2D eigenvalue weighted by atomic mass is 10.1. The highest BCUT2D eigenvalue weighted by Gasteiger charge is 2.20. The number of hydrogen-bond donors (Lipinski definition) is 1. The molecule has 1 aliphatic rings. The number of thiophene rings is 1. The number of ether oxygens (including phenoxy) is 1. The molecular weight excluding hydrogens is 549 g/mol. The number of anilines is 2. The Kier molecular flexibility index (Phi) is 7.51. The van der Waals surface area contributed by atoms with Gasteiger partial charge in [0.1, 0.15) is 35.1 Å². The molecule has 1 amide bonds. The molecule has 7 nitrogen and oxygen atoms in total. The number of carbonyl (C=O) groups excluding carboxylic acids is 1. The molecule has 0 bridgehead atoms. The van der Waals surface area contributed by atoms with Crippen LogP contribution in [0.4, 0.5) is 15.9 Å². The normalized spacial score (nSPS) is 14.1. The van der Waals surface area contributed by atoms with Gasteiger partial charge >= 0.3 is 0 Å². The molecule has 3 heterocycles. The molecule has 40 heavy (non-hydrogen) atoms. The second-order valence-corrected chi connectivity index (χ2v) is 11.3. The molecule has 0 spiro atoms. The lowest BCUT2D eigenvalue weighted by molar-refractivity contribution is -0.132. The van der Waals surface area contributed by atoms with Gasteiger partial charge in [0, 0.05) is 42.0 Å². The highest BCUT2D eigenvalue weighted by atomic mass is 35.5. The second kappa shape index (κ2) is 11.4. The third-order valence-electron chi connectivity index (χ3n) is 7.02. The highest BCUT2D eigenvalue weighted by Crippen LogP contribution is 2.38. The van der Waals surface area contributed by atoms with Crippen molar-refractivity contribution in [3.63, 3.8) is 0 Å². The maximum atomic E-state index is 13.5. The predicted molar refractivity (Wildman–Crippen MR) is 158 cm³/mol. The summed E-state index contributed by atoms with van der Waals surface area (Å²) in [5, 5.41) is 5.74. The van der Waals surface area contributed by atoms with E-state index in [0.717, 1.165) is 63.3 Å². The van der Waals surface area contributed by atoms with E-state index >= 15 is 0 Å². The van der Waals surface area contributed by atoms with E-state index in [2.05, 4.69) is 33.3 Å². The average molecular weight is 576 g/mol. The zero-order valence-electron chi connectivity index (χ0n) is 21.9. The second-order valence-electron chi connectivity index (χ2n) is 9.88. The van der Waals surface area contributed by atoms with Crippen molar-refractivity contribution >= 4 is 60.7 Å². The maximum Gasteiger partial charge on any atom is 0.227 e. The maximum absolute atomic E-state index is 13.5. The highest BCUT2D eigenvalue weighted by molar-refractivity contribution is 7.25. The van der Waals surface area contributed by atoms with Crippen LogP contribution in [0.25, 0.3) is 20.3 Å². The van der Waals surface area contributed by atoms with E-state index in [1.54, 1.807) is 35.6 Å². The van der Waals surface area contributed by atoms with Crippen LogP contribution in [0.5, 0.6) is 5.75 Å². The fourth-order valence-electron chi connectivity index (χ4n) is 4.82. The van der Waals surface area contributed by atoms with Crippen LogP contribution in [-0.4, -0.2) is 58.9 Å². The fraction of sp³-hybridized carbons (Fsp3) is 0.233. The van der Waals surface area contributed by atoms with Crippen molar-refractivity contribution in [2.45, 2.75) is 13.0 Å². The minimum Gasteiger partial charge on any atom is -0.487 e. The van der Waals surface area contributed by atoms with Crippen molar-refractivity contribution < 1.29 is 13.9 Å². The summed E-state index contributed by atoms with van der Waals surface area (Å²) >= 11 is 8.08. The molecule has 0 unspecified atom stereocenters. The van der Waals surface area contributed by atoms with Crippen LogP contribution in [-0.2, 0) is 17.8 Å². The minimum atomic E-state index is -0.306. The van der Waals surface area contributed by atoms with Gasteiger partial charge in [0.25, 0.3) is 0 Å². The standard InChI is InChI=1S/C30H27ClFN5O2S/c1-36-9-11-37(12-10-36)27(38)15-19-5-7-23-26(14-19)40-30-28(23)29(33-18-34-30)35-22-6-8-25(24(31)16-22)39-17-20-3-2-4-21(32)13-20/h2-8,13-14,16,18H,9-12,15,17H2,1H3,(H,33,34,35). The summed E-state index contributed by atoms with van der Waals surface area (Å²) in [5.74, 6) is 1.03. The summed E-state index contributed by atoms with van der Waals surface area (Å²) in [6.45, 7) is 3.57. The van der Waals surface area contributed by atoms with Crippen LogP contribution < -0.4 is 10.1 Å². The fourth-order valence-corrected chi connectivity index (χ4v) is 6.16. The van der Waals surface area contributed by atoms with Crippen molar-refractivity contribution in [3.8, 4) is 5.75 Å². The lowest BCUT2D eigenvalue weighted by Crippen LogP contribution is -2.47. The molecule has 0 aliphatic carbocycles. The number of piperazine rings is 1. The molecule has 3 aromatic carbocycles. The van der Waals surface area contributed by atoms with Gasteiger partial charge in [-0.05, 0) is 54.6 Å². The number of fused-ring (bicyclic) bond motifs is 3. The number of carbonyl (C=O) groups is 1. The van der Waals surface area contributed by atoms with Gasteiger partial charge in [-0.2, -0.15) is 0 Å². The molecule has 10 heteroatoms. The summed E-state index contributed by atoms with van der Waals surface area (Å²) in [7, 11) is 2.08. The van der Waals surface area contributed by atoms with Gasteiger partial charge in [-0.15, -0.1) is 11.3 Å². The first-order valence-electron chi connectivity index (χ1n) is 13.0. The Morgan fingerprint density at radius 3 is 2.70 bits per heavy atom. The summed E-state index contributed by atoms with van der Waals surface area (Å²) < 4.78 is 20.3. The molecule has 1 saturated heterocycles. The summed E-state index contributed by atoms with van der Waals surface area (Å²) in [5.41, 5.74) is 2.46. The van der Waals surface area contributed by atoms with E-state index in [9.17, 15) is 9.18 Å². The van der Waals surface area contributed by atoms with Gasteiger partial charge in [-0.25, -0.2) is 14.4 Å². The van der Waals surface area contributed by atoms with Gasteiger partial charge in [-0.1, -0.05) is 35.9 Å². The van der Waals surface area contributed by atoms with Gasteiger partial charge in [0.2, 0.25) is 5.91 Å². The van der Waals surface area contributed by atoms with Crippen LogP contribution in [0.1, 0.15) is 11.1 Å². The summed E-state index contributed by atoms with van der Waals surface area (Å²) in [4.78, 5) is 26.9. The number of rotatable bonds is 7. The number of halogens is 2.